The zero-order chi connectivity index (χ0) is 14.0. The van der Waals surface area contributed by atoms with Gasteiger partial charge in [0.05, 0.1) is 12.0 Å². The fourth-order valence-corrected chi connectivity index (χ4v) is 1.54. The number of nitrogens with two attached hydrogens (primary N) is 1. The second kappa shape index (κ2) is 5.05. The van der Waals surface area contributed by atoms with Crippen molar-refractivity contribution in [2.75, 3.05) is 0 Å². The minimum atomic E-state index is -0.894. The molecule has 1 heterocycles. The van der Waals surface area contributed by atoms with Crippen LogP contribution in [0.5, 0.6) is 0 Å². The van der Waals surface area contributed by atoms with Gasteiger partial charge in [-0.05, 0) is 31.0 Å². The average molecular weight is 267 g/mol. The van der Waals surface area contributed by atoms with E-state index in [2.05, 4.69) is 10.1 Å². The van der Waals surface area contributed by atoms with Crippen LogP contribution in [0, 0.1) is 11.6 Å². The summed E-state index contributed by atoms with van der Waals surface area (Å²) >= 11 is 0. The standard InChI is InChI=1S/C13H15F2N3O/c1-3-13(2,16)12-17-11(19-18-12)7-8-4-5-9(14)10(15)6-8/h4-6H,3,7,16H2,1-2H3. The van der Waals surface area contributed by atoms with Gasteiger partial charge in [0.1, 0.15) is 0 Å². The molecule has 4 nitrogen and oxygen atoms in total. The molecule has 2 aromatic rings. The topological polar surface area (TPSA) is 64.9 Å². The van der Waals surface area contributed by atoms with Gasteiger partial charge in [0.2, 0.25) is 5.89 Å². The maximum Gasteiger partial charge on any atom is 0.231 e. The summed E-state index contributed by atoms with van der Waals surface area (Å²) in [6, 6.07) is 3.66. The van der Waals surface area contributed by atoms with Gasteiger partial charge >= 0.3 is 0 Å². The Morgan fingerprint density at radius 2 is 2.05 bits per heavy atom. The number of halogens is 2. The van der Waals surface area contributed by atoms with Crippen molar-refractivity contribution in [2.24, 2.45) is 5.73 Å². The maximum absolute atomic E-state index is 13.1. The van der Waals surface area contributed by atoms with Gasteiger partial charge in [-0.2, -0.15) is 4.98 Å². The largest absolute Gasteiger partial charge is 0.339 e. The smallest absolute Gasteiger partial charge is 0.231 e. The predicted octanol–water partition coefficient (Wildman–Crippen LogP) is 2.52. The lowest BCUT2D eigenvalue weighted by atomic mass is 10.00. The Balaban J connectivity index is 2.18. The molecule has 0 radical (unpaired) electrons. The number of nitrogens with zero attached hydrogens (tertiary/aromatic N) is 2. The van der Waals surface area contributed by atoms with E-state index in [1.807, 2.05) is 6.92 Å². The maximum atomic E-state index is 13.1. The van der Waals surface area contributed by atoms with Gasteiger partial charge in [0.15, 0.2) is 17.5 Å². The van der Waals surface area contributed by atoms with Gasteiger partial charge in [0.25, 0.3) is 0 Å². The van der Waals surface area contributed by atoms with E-state index in [0.29, 0.717) is 23.7 Å². The summed E-state index contributed by atoms with van der Waals surface area (Å²) in [6.07, 6.45) is 0.904. The summed E-state index contributed by atoms with van der Waals surface area (Å²) in [6.45, 7) is 3.73. The first kappa shape index (κ1) is 13.6. The molecule has 102 valence electrons. The molecule has 0 bridgehead atoms. The minimum Gasteiger partial charge on any atom is -0.339 e. The minimum absolute atomic E-state index is 0.240. The Labute approximate surface area is 109 Å². The first-order chi connectivity index (χ1) is 8.92. The van der Waals surface area contributed by atoms with E-state index >= 15 is 0 Å². The van der Waals surface area contributed by atoms with Crippen LogP contribution < -0.4 is 5.73 Å². The molecule has 1 aromatic heterocycles. The Bertz CT molecular complexity index is 581. The van der Waals surface area contributed by atoms with Crippen molar-refractivity contribution in [3.8, 4) is 0 Å². The molecular formula is C13H15F2N3O. The van der Waals surface area contributed by atoms with E-state index in [0.717, 1.165) is 12.1 Å². The molecule has 0 saturated heterocycles. The molecule has 0 aliphatic rings. The lowest BCUT2D eigenvalue weighted by molar-refractivity contribution is 0.355. The number of benzene rings is 1. The van der Waals surface area contributed by atoms with E-state index < -0.39 is 17.2 Å². The third kappa shape index (κ3) is 2.96. The highest BCUT2D eigenvalue weighted by molar-refractivity contribution is 5.20. The van der Waals surface area contributed by atoms with Crippen LogP contribution in [-0.2, 0) is 12.0 Å². The molecule has 2 N–H and O–H groups in total. The molecule has 0 aliphatic carbocycles. The first-order valence-corrected chi connectivity index (χ1v) is 5.98. The van der Waals surface area contributed by atoms with Crippen molar-refractivity contribution in [2.45, 2.75) is 32.2 Å². The van der Waals surface area contributed by atoms with E-state index in [9.17, 15) is 8.78 Å². The summed E-state index contributed by atoms with van der Waals surface area (Å²) in [5, 5.41) is 3.82. The molecular weight excluding hydrogens is 252 g/mol. The highest BCUT2D eigenvalue weighted by Crippen LogP contribution is 2.19. The van der Waals surface area contributed by atoms with Gasteiger partial charge in [-0.3, -0.25) is 0 Å². The highest BCUT2D eigenvalue weighted by Gasteiger charge is 2.25. The van der Waals surface area contributed by atoms with Gasteiger partial charge in [0, 0.05) is 0 Å². The van der Waals surface area contributed by atoms with Gasteiger partial charge in [-0.25, -0.2) is 8.78 Å². The molecule has 0 fully saturated rings. The number of hydrogen-bond donors (Lipinski definition) is 1. The first-order valence-electron chi connectivity index (χ1n) is 5.98. The van der Waals surface area contributed by atoms with Gasteiger partial charge in [-0.1, -0.05) is 18.1 Å². The third-order valence-electron chi connectivity index (χ3n) is 3.05. The summed E-state index contributed by atoms with van der Waals surface area (Å²) in [5.41, 5.74) is 5.90. The monoisotopic (exact) mass is 267 g/mol. The van der Waals surface area contributed by atoms with Crippen LogP contribution in [0.1, 0.15) is 37.5 Å². The molecule has 6 heteroatoms. The van der Waals surface area contributed by atoms with Crippen LogP contribution in [0.15, 0.2) is 22.7 Å². The molecule has 2 rings (SSSR count). The predicted molar refractivity (Wildman–Crippen MR) is 65.3 cm³/mol. The Hall–Kier alpha value is -1.82. The van der Waals surface area contributed by atoms with Crippen LogP contribution >= 0.6 is 0 Å². The van der Waals surface area contributed by atoms with Crippen molar-refractivity contribution in [3.63, 3.8) is 0 Å². The molecule has 0 saturated carbocycles. The molecule has 1 unspecified atom stereocenters. The Morgan fingerprint density at radius 3 is 2.68 bits per heavy atom. The molecule has 19 heavy (non-hydrogen) atoms. The van der Waals surface area contributed by atoms with Crippen molar-refractivity contribution in [1.29, 1.82) is 0 Å². The lowest BCUT2D eigenvalue weighted by Gasteiger charge is -2.16. The normalized spacial score (nSPS) is 14.4. The fraction of sp³-hybridized carbons (Fsp3) is 0.385. The summed E-state index contributed by atoms with van der Waals surface area (Å²) < 4.78 is 30.9. The van der Waals surface area contributed by atoms with Crippen molar-refractivity contribution >= 4 is 0 Å². The zero-order valence-corrected chi connectivity index (χ0v) is 10.8. The van der Waals surface area contributed by atoms with Crippen molar-refractivity contribution < 1.29 is 13.3 Å². The van der Waals surface area contributed by atoms with Crippen LogP contribution in [0.25, 0.3) is 0 Å². The number of aromatic nitrogens is 2. The van der Waals surface area contributed by atoms with Crippen LogP contribution in [0.3, 0.4) is 0 Å². The zero-order valence-electron chi connectivity index (χ0n) is 10.8. The Kier molecular flexibility index (Phi) is 3.61. The van der Waals surface area contributed by atoms with Crippen LogP contribution in [0.2, 0.25) is 0 Å². The number of rotatable bonds is 4. The van der Waals surface area contributed by atoms with Crippen molar-refractivity contribution in [3.05, 3.63) is 47.1 Å². The number of hydrogen-bond acceptors (Lipinski definition) is 4. The van der Waals surface area contributed by atoms with E-state index in [1.165, 1.54) is 6.07 Å². The molecule has 0 spiro atoms. The summed E-state index contributed by atoms with van der Waals surface area (Å²) in [5.74, 6) is -1.04. The third-order valence-corrected chi connectivity index (χ3v) is 3.05. The fourth-order valence-electron chi connectivity index (χ4n) is 1.54. The summed E-state index contributed by atoms with van der Waals surface area (Å²) in [7, 11) is 0. The second-order valence-electron chi connectivity index (χ2n) is 4.71. The summed E-state index contributed by atoms with van der Waals surface area (Å²) in [4.78, 5) is 4.18. The molecule has 1 atom stereocenters. The molecule has 0 amide bonds. The highest BCUT2D eigenvalue weighted by atomic mass is 19.2. The second-order valence-corrected chi connectivity index (χ2v) is 4.71. The van der Waals surface area contributed by atoms with Crippen molar-refractivity contribution in [1.82, 2.24) is 10.1 Å². The van der Waals surface area contributed by atoms with E-state index in [1.54, 1.807) is 6.92 Å². The SMILES string of the molecule is CCC(C)(N)c1noc(Cc2ccc(F)c(F)c2)n1. The Morgan fingerprint density at radius 1 is 1.32 bits per heavy atom. The average Bonchev–Trinajstić information content (AvgIpc) is 2.83. The van der Waals surface area contributed by atoms with Crippen LogP contribution in [-0.4, -0.2) is 10.1 Å². The van der Waals surface area contributed by atoms with Gasteiger partial charge in [-0.15, -0.1) is 0 Å². The van der Waals surface area contributed by atoms with Crippen LogP contribution in [0.4, 0.5) is 8.78 Å². The quantitative estimate of drug-likeness (QED) is 0.924. The van der Waals surface area contributed by atoms with E-state index in [4.69, 9.17) is 10.3 Å². The molecule has 1 aromatic carbocycles. The van der Waals surface area contributed by atoms with E-state index in [-0.39, 0.29) is 6.42 Å². The molecule has 0 aliphatic heterocycles. The van der Waals surface area contributed by atoms with Gasteiger partial charge < -0.3 is 10.3 Å². The lowest BCUT2D eigenvalue weighted by Crippen LogP contribution is -2.33.